The maximum absolute atomic E-state index is 13.4. The van der Waals surface area contributed by atoms with Gasteiger partial charge in [0.1, 0.15) is 0 Å². The summed E-state index contributed by atoms with van der Waals surface area (Å²) in [6, 6.07) is 15.4. The van der Waals surface area contributed by atoms with E-state index in [9.17, 15) is 13.2 Å². The highest BCUT2D eigenvalue weighted by Crippen LogP contribution is 2.37. The molecule has 31 heavy (non-hydrogen) atoms. The lowest BCUT2D eigenvalue weighted by Crippen LogP contribution is -2.10. The van der Waals surface area contributed by atoms with Crippen molar-refractivity contribution in [3.63, 3.8) is 0 Å². The number of hydrogen-bond acceptors (Lipinski definition) is 4. The third kappa shape index (κ3) is 4.35. The number of alkyl halides is 3. The highest BCUT2D eigenvalue weighted by atomic mass is 19.4. The molecule has 0 amide bonds. The zero-order valence-electron chi connectivity index (χ0n) is 17.3. The van der Waals surface area contributed by atoms with E-state index in [2.05, 4.69) is 53.4 Å². The molecule has 0 aliphatic rings. The molecule has 0 atom stereocenters. The summed E-state index contributed by atoms with van der Waals surface area (Å²) < 4.78 is 40.1. The molecule has 0 aliphatic carbocycles. The van der Waals surface area contributed by atoms with Crippen LogP contribution in [0.1, 0.15) is 31.9 Å². The summed E-state index contributed by atoms with van der Waals surface area (Å²) in [5.74, 6) is 0. The van der Waals surface area contributed by atoms with Gasteiger partial charge in [0.05, 0.1) is 28.7 Å². The zero-order valence-corrected chi connectivity index (χ0v) is 17.3. The van der Waals surface area contributed by atoms with Crippen molar-refractivity contribution in [2.45, 2.75) is 32.4 Å². The Morgan fingerprint density at radius 2 is 1.65 bits per heavy atom. The molecule has 4 rings (SSSR count). The van der Waals surface area contributed by atoms with E-state index in [0.717, 1.165) is 22.8 Å². The Balaban J connectivity index is 1.70. The van der Waals surface area contributed by atoms with Gasteiger partial charge in [-0.3, -0.25) is 4.98 Å². The second-order valence-electron chi connectivity index (χ2n) is 8.34. The van der Waals surface area contributed by atoms with Gasteiger partial charge in [-0.25, -0.2) is 0 Å². The number of aromatic nitrogens is 3. The lowest BCUT2D eigenvalue weighted by Gasteiger charge is -2.19. The molecular formula is C24H21F3N4. The number of anilines is 2. The van der Waals surface area contributed by atoms with Crippen molar-refractivity contribution in [1.29, 1.82) is 0 Å². The summed E-state index contributed by atoms with van der Waals surface area (Å²) in [5.41, 5.74) is 2.78. The van der Waals surface area contributed by atoms with Crippen molar-refractivity contribution < 1.29 is 13.2 Å². The minimum Gasteiger partial charge on any atom is -0.354 e. The van der Waals surface area contributed by atoms with Crippen LogP contribution in [0.5, 0.6) is 0 Å². The third-order valence-corrected chi connectivity index (χ3v) is 5.06. The monoisotopic (exact) mass is 422 g/mol. The van der Waals surface area contributed by atoms with Crippen LogP contribution < -0.4 is 5.32 Å². The van der Waals surface area contributed by atoms with Crippen LogP contribution in [0.25, 0.3) is 22.2 Å². The van der Waals surface area contributed by atoms with Gasteiger partial charge in [-0.1, -0.05) is 39.0 Å². The summed E-state index contributed by atoms with van der Waals surface area (Å²) in [6.07, 6.45) is -1.55. The fraction of sp³-hybridized carbons (Fsp3) is 0.208. The molecule has 0 unspecified atom stereocenters. The van der Waals surface area contributed by atoms with Gasteiger partial charge < -0.3 is 5.32 Å². The Hall–Kier alpha value is -3.48. The van der Waals surface area contributed by atoms with Crippen molar-refractivity contribution in [2.24, 2.45) is 0 Å². The topological polar surface area (TPSA) is 50.7 Å². The summed E-state index contributed by atoms with van der Waals surface area (Å²) in [6.45, 7) is 6.46. The molecule has 0 aliphatic heterocycles. The van der Waals surface area contributed by atoms with Gasteiger partial charge in [0, 0.05) is 22.8 Å². The second-order valence-corrected chi connectivity index (χ2v) is 8.34. The summed E-state index contributed by atoms with van der Waals surface area (Å²) in [4.78, 5) is 3.96. The summed E-state index contributed by atoms with van der Waals surface area (Å²) in [7, 11) is 0. The number of nitrogens with one attached hydrogen (secondary N) is 1. The van der Waals surface area contributed by atoms with Gasteiger partial charge >= 0.3 is 6.18 Å². The molecular weight excluding hydrogens is 401 g/mol. The van der Waals surface area contributed by atoms with E-state index in [0.29, 0.717) is 11.1 Å². The predicted molar refractivity (Wildman–Crippen MR) is 116 cm³/mol. The first-order valence-electron chi connectivity index (χ1n) is 9.78. The maximum Gasteiger partial charge on any atom is 0.418 e. The van der Waals surface area contributed by atoms with Crippen LogP contribution in [-0.2, 0) is 11.6 Å². The normalized spacial score (nSPS) is 12.2. The van der Waals surface area contributed by atoms with Gasteiger partial charge in [0.25, 0.3) is 0 Å². The van der Waals surface area contributed by atoms with Crippen LogP contribution >= 0.6 is 0 Å². The van der Waals surface area contributed by atoms with Crippen LogP contribution in [0, 0.1) is 0 Å². The molecule has 4 aromatic rings. The van der Waals surface area contributed by atoms with Crippen molar-refractivity contribution in [3.05, 3.63) is 78.1 Å². The molecule has 0 saturated carbocycles. The Morgan fingerprint density at radius 3 is 2.32 bits per heavy atom. The van der Waals surface area contributed by atoms with Crippen molar-refractivity contribution in [1.82, 2.24) is 15.2 Å². The van der Waals surface area contributed by atoms with E-state index in [1.54, 1.807) is 24.4 Å². The number of fused-ring (bicyclic) bond motifs is 1. The Morgan fingerprint density at radius 1 is 0.903 bits per heavy atom. The minimum absolute atomic E-state index is 0.0561. The molecule has 4 nitrogen and oxygen atoms in total. The zero-order chi connectivity index (χ0) is 22.2. The standard InChI is InChI=1S/C24H21F3N4/c1-23(2,3)16-7-9-17(10-8-16)30-21-14-29-31-20-13-15(6-11-18(20)21)22-19(24(25,26)27)5-4-12-28-22/h4-14H,1-3H3,(H,30,31). The maximum atomic E-state index is 13.4. The first kappa shape index (κ1) is 20.8. The Labute approximate surface area is 178 Å². The van der Waals surface area contributed by atoms with Crippen LogP contribution in [0.3, 0.4) is 0 Å². The van der Waals surface area contributed by atoms with Crippen LogP contribution in [0.4, 0.5) is 24.5 Å². The van der Waals surface area contributed by atoms with Gasteiger partial charge in [0.2, 0.25) is 0 Å². The fourth-order valence-electron chi connectivity index (χ4n) is 3.38. The van der Waals surface area contributed by atoms with E-state index < -0.39 is 11.7 Å². The highest BCUT2D eigenvalue weighted by molar-refractivity contribution is 5.94. The average molecular weight is 422 g/mol. The molecule has 0 spiro atoms. The van der Waals surface area contributed by atoms with Crippen molar-refractivity contribution >= 4 is 22.3 Å². The van der Waals surface area contributed by atoms with E-state index >= 15 is 0 Å². The highest BCUT2D eigenvalue weighted by Gasteiger charge is 2.34. The number of nitrogens with zero attached hydrogens (tertiary/aromatic N) is 3. The van der Waals surface area contributed by atoms with E-state index in [1.165, 1.54) is 17.8 Å². The number of hydrogen-bond donors (Lipinski definition) is 1. The molecule has 2 heterocycles. The van der Waals surface area contributed by atoms with E-state index in [1.807, 2.05) is 12.1 Å². The van der Waals surface area contributed by atoms with Crippen LogP contribution in [0.15, 0.2) is 67.0 Å². The van der Waals surface area contributed by atoms with Crippen LogP contribution in [-0.4, -0.2) is 15.2 Å². The van der Waals surface area contributed by atoms with Gasteiger partial charge in [0.15, 0.2) is 0 Å². The third-order valence-electron chi connectivity index (χ3n) is 5.06. The smallest absolute Gasteiger partial charge is 0.354 e. The molecule has 2 aromatic carbocycles. The molecule has 0 fully saturated rings. The average Bonchev–Trinajstić information content (AvgIpc) is 2.73. The van der Waals surface area contributed by atoms with E-state index in [4.69, 9.17) is 0 Å². The van der Waals surface area contributed by atoms with Crippen molar-refractivity contribution in [2.75, 3.05) is 5.32 Å². The first-order chi connectivity index (χ1) is 14.6. The number of halogens is 3. The lowest BCUT2D eigenvalue weighted by atomic mass is 9.87. The first-order valence-corrected chi connectivity index (χ1v) is 9.78. The predicted octanol–water partition coefficient (Wildman–Crippen LogP) is 6.75. The van der Waals surface area contributed by atoms with Gasteiger partial charge in [-0.15, -0.1) is 0 Å². The van der Waals surface area contributed by atoms with E-state index in [-0.39, 0.29) is 11.1 Å². The fourth-order valence-corrected chi connectivity index (χ4v) is 3.38. The number of benzene rings is 2. The molecule has 158 valence electrons. The quantitative estimate of drug-likeness (QED) is 0.397. The lowest BCUT2D eigenvalue weighted by molar-refractivity contribution is -0.137. The van der Waals surface area contributed by atoms with Crippen molar-refractivity contribution in [3.8, 4) is 11.3 Å². The number of pyridine rings is 1. The molecule has 2 aromatic heterocycles. The summed E-state index contributed by atoms with van der Waals surface area (Å²) >= 11 is 0. The van der Waals surface area contributed by atoms with Gasteiger partial charge in [-0.2, -0.15) is 23.4 Å². The van der Waals surface area contributed by atoms with Gasteiger partial charge in [-0.05, 0) is 47.4 Å². The molecule has 0 saturated heterocycles. The molecule has 7 heteroatoms. The molecule has 0 radical (unpaired) electrons. The SMILES string of the molecule is CC(C)(C)c1ccc(Nc2cnnc3cc(-c4ncccc4C(F)(F)F)ccc23)cc1. The summed E-state index contributed by atoms with van der Waals surface area (Å²) in [5, 5.41) is 12.2. The van der Waals surface area contributed by atoms with Crippen LogP contribution in [0.2, 0.25) is 0 Å². The Kier molecular flexibility index (Phi) is 5.13. The minimum atomic E-state index is -4.49. The molecule has 1 N–H and O–H groups in total. The second kappa shape index (κ2) is 7.65. The largest absolute Gasteiger partial charge is 0.418 e. The number of rotatable bonds is 3. The Bertz CT molecular complexity index is 1230. The molecule has 0 bridgehead atoms.